The molecule has 2 aromatic carbocycles. The Morgan fingerprint density at radius 2 is 1.52 bits per heavy atom. The van der Waals surface area contributed by atoms with Crippen molar-refractivity contribution in [3.05, 3.63) is 76.7 Å². The molecule has 0 saturated carbocycles. The number of halogens is 5. The molecule has 0 aliphatic carbocycles. The van der Waals surface area contributed by atoms with E-state index in [1.807, 2.05) is 24.3 Å². The zero-order chi connectivity index (χ0) is 22.7. The standard InChI is InChI=1S/C21H19F5N4S/c1-3-11(2)12-4-6-13(7-5-12)27-21(31)28-15-8-9-30(29-15)10-14-16(22)18(24)20(26)19(25)17(14)23/h4-9,11H,3,10H2,1-2H3,(H2,27,28,29,31)/t11-/m0/s1. The number of benzene rings is 2. The molecule has 0 aliphatic heterocycles. The van der Waals surface area contributed by atoms with E-state index in [0.29, 0.717) is 5.92 Å². The fourth-order valence-corrected chi connectivity index (χ4v) is 3.10. The van der Waals surface area contributed by atoms with E-state index in [4.69, 9.17) is 12.2 Å². The molecule has 3 rings (SSSR count). The number of nitrogens with one attached hydrogen (secondary N) is 2. The Balaban J connectivity index is 1.66. The first-order chi connectivity index (χ1) is 14.7. The monoisotopic (exact) mass is 454 g/mol. The van der Waals surface area contributed by atoms with Gasteiger partial charge in [0.05, 0.1) is 12.1 Å². The van der Waals surface area contributed by atoms with Crippen LogP contribution in [0.15, 0.2) is 36.5 Å². The predicted molar refractivity (Wildman–Crippen MR) is 113 cm³/mol. The molecule has 0 aliphatic rings. The van der Waals surface area contributed by atoms with Gasteiger partial charge in [0.15, 0.2) is 34.2 Å². The molecule has 10 heteroatoms. The van der Waals surface area contributed by atoms with Gasteiger partial charge in [-0.2, -0.15) is 5.10 Å². The minimum Gasteiger partial charge on any atom is -0.332 e. The van der Waals surface area contributed by atoms with Gasteiger partial charge in [-0.25, -0.2) is 22.0 Å². The average molecular weight is 454 g/mol. The van der Waals surface area contributed by atoms with E-state index in [1.165, 1.54) is 17.8 Å². The fraction of sp³-hybridized carbons (Fsp3) is 0.238. The molecule has 1 atom stereocenters. The molecule has 0 spiro atoms. The maximum Gasteiger partial charge on any atom is 0.200 e. The Hall–Kier alpha value is -3.01. The predicted octanol–water partition coefficient (Wildman–Crippen LogP) is 5.95. The average Bonchev–Trinajstić information content (AvgIpc) is 3.20. The Bertz CT molecular complexity index is 1070. The highest BCUT2D eigenvalue weighted by Gasteiger charge is 2.25. The Morgan fingerprint density at radius 1 is 0.935 bits per heavy atom. The van der Waals surface area contributed by atoms with E-state index >= 15 is 0 Å². The van der Waals surface area contributed by atoms with Crippen LogP contribution in [0.25, 0.3) is 0 Å². The van der Waals surface area contributed by atoms with Gasteiger partial charge in [0.2, 0.25) is 5.82 Å². The summed E-state index contributed by atoms with van der Waals surface area (Å²) >= 11 is 5.22. The molecule has 0 saturated heterocycles. The molecule has 1 heterocycles. The van der Waals surface area contributed by atoms with Gasteiger partial charge in [-0.05, 0) is 42.3 Å². The van der Waals surface area contributed by atoms with Gasteiger partial charge < -0.3 is 10.6 Å². The van der Waals surface area contributed by atoms with Gasteiger partial charge in [-0.1, -0.05) is 26.0 Å². The van der Waals surface area contributed by atoms with Crippen molar-refractivity contribution in [3.63, 3.8) is 0 Å². The van der Waals surface area contributed by atoms with Crippen LogP contribution in [-0.4, -0.2) is 14.9 Å². The van der Waals surface area contributed by atoms with Gasteiger partial charge in [-0.15, -0.1) is 0 Å². The van der Waals surface area contributed by atoms with Crippen molar-refractivity contribution in [1.82, 2.24) is 9.78 Å². The maximum absolute atomic E-state index is 13.8. The molecular formula is C21H19F5N4S. The zero-order valence-electron chi connectivity index (χ0n) is 16.6. The van der Waals surface area contributed by atoms with Crippen molar-refractivity contribution >= 4 is 28.8 Å². The molecule has 0 bridgehead atoms. The summed E-state index contributed by atoms with van der Waals surface area (Å²) in [6.45, 7) is 3.60. The summed E-state index contributed by atoms with van der Waals surface area (Å²) in [5.74, 6) is -9.29. The van der Waals surface area contributed by atoms with Crippen molar-refractivity contribution < 1.29 is 22.0 Å². The smallest absolute Gasteiger partial charge is 0.200 e. The molecule has 2 N–H and O–H groups in total. The van der Waals surface area contributed by atoms with E-state index in [0.717, 1.165) is 16.8 Å². The first-order valence-electron chi connectivity index (χ1n) is 9.43. The van der Waals surface area contributed by atoms with E-state index in [-0.39, 0.29) is 10.9 Å². The lowest BCUT2D eigenvalue weighted by Crippen LogP contribution is -2.19. The summed E-state index contributed by atoms with van der Waals surface area (Å²) < 4.78 is 68.6. The van der Waals surface area contributed by atoms with Crippen LogP contribution < -0.4 is 10.6 Å². The highest BCUT2D eigenvalue weighted by atomic mass is 32.1. The summed E-state index contributed by atoms with van der Waals surface area (Å²) in [7, 11) is 0. The van der Waals surface area contributed by atoms with E-state index in [2.05, 4.69) is 29.6 Å². The van der Waals surface area contributed by atoms with Crippen LogP contribution in [-0.2, 0) is 6.54 Å². The largest absolute Gasteiger partial charge is 0.332 e. The summed E-state index contributed by atoms with van der Waals surface area (Å²) in [5, 5.41) is 10.0. The Morgan fingerprint density at radius 3 is 2.10 bits per heavy atom. The summed E-state index contributed by atoms with van der Waals surface area (Å²) in [6, 6.07) is 9.22. The van der Waals surface area contributed by atoms with Crippen LogP contribution in [0.1, 0.15) is 37.3 Å². The van der Waals surface area contributed by atoms with E-state index in [1.54, 1.807) is 0 Å². The SMILES string of the molecule is CC[C@H](C)c1ccc(NC(=S)Nc2ccn(Cc3c(F)c(F)c(F)c(F)c3F)n2)cc1. The van der Waals surface area contributed by atoms with Crippen molar-refractivity contribution in [1.29, 1.82) is 0 Å². The fourth-order valence-electron chi connectivity index (χ4n) is 2.88. The highest BCUT2D eigenvalue weighted by molar-refractivity contribution is 7.80. The Labute approximate surface area is 181 Å². The normalized spacial score (nSPS) is 12.0. The van der Waals surface area contributed by atoms with Gasteiger partial charge in [0, 0.05) is 18.0 Å². The van der Waals surface area contributed by atoms with Crippen LogP contribution in [0, 0.1) is 29.1 Å². The van der Waals surface area contributed by atoms with Crippen molar-refractivity contribution in [2.24, 2.45) is 0 Å². The number of nitrogens with zero attached hydrogens (tertiary/aromatic N) is 2. The molecular weight excluding hydrogens is 435 g/mol. The third-order valence-electron chi connectivity index (χ3n) is 4.85. The van der Waals surface area contributed by atoms with Crippen molar-refractivity contribution in [2.45, 2.75) is 32.7 Å². The van der Waals surface area contributed by atoms with Crippen LogP contribution in [0.2, 0.25) is 0 Å². The second-order valence-electron chi connectivity index (χ2n) is 6.96. The Kier molecular flexibility index (Phi) is 6.89. The molecule has 0 radical (unpaired) electrons. The topological polar surface area (TPSA) is 41.9 Å². The summed E-state index contributed by atoms with van der Waals surface area (Å²) in [5.41, 5.74) is 0.984. The molecule has 4 nitrogen and oxygen atoms in total. The third-order valence-corrected chi connectivity index (χ3v) is 5.06. The number of anilines is 2. The molecule has 0 unspecified atom stereocenters. The van der Waals surface area contributed by atoms with E-state index in [9.17, 15) is 22.0 Å². The second-order valence-corrected chi connectivity index (χ2v) is 7.37. The number of thiocarbonyl (C=S) groups is 1. The van der Waals surface area contributed by atoms with Crippen molar-refractivity contribution in [3.8, 4) is 0 Å². The number of aromatic nitrogens is 2. The van der Waals surface area contributed by atoms with E-state index < -0.39 is 41.2 Å². The number of rotatable bonds is 6. The maximum atomic E-state index is 13.8. The molecule has 164 valence electrons. The van der Waals surface area contributed by atoms with Crippen molar-refractivity contribution in [2.75, 3.05) is 10.6 Å². The second kappa shape index (κ2) is 9.42. The van der Waals surface area contributed by atoms with Crippen LogP contribution in [0.4, 0.5) is 33.5 Å². The highest BCUT2D eigenvalue weighted by Crippen LogP contribution is 2.24. The lowest BCUT2D eigenvalue weighted by atomic mass is 9.99. The summed E-state index contributed by atoms with van der Waals surface area (Å²) in [4.78, 5) is 0. The van der Waals surface area contributed by atoms with Gasteiger partial charge >= 0.3 is 0 Å². The number of hydrogen-bond donors (Lipinski definition) is 2. The van der Waals surface area contributed by atoms with Crippen LogP contribution in [0.5, 0.6) is 0 Å². The molecule has 31 heavy (non-hydrogen) atoms. The molecule has 3 aromatic rings. The minimum absolute atomic E-state index is 0.220. The lowest BCUT2D eigenvalue weighted by Gasteiger charge is -2.12. The van der Waals surface area contributed by atoms with Crippen LogP contribution >= 0.6 is 12.2 Å². The molecule has 0 amide bonds. The number of hydrogen-bond acceptors (Lipinski definition) is 2. The van der Waals surface area contributed by atoms with Gasteiger partial charge in [-0.3, -0.25) is 4.68 Å². The van der Waals surface area contributed by atoms with Gasteiger partial charge in [0.25, 0.3) is 0 Å². The third kappa shape index (κ3) is 5.01. The summed E-state index contributed by atoms with van der Waals surface area (Å²) in [6.07, 6.45) is 2.35. The lowest BCUT2D eigenvalue weighted by molar-refractivity contribution is 0.367. The van der Waals surface area contributed by atoms with Gasteiger partial charge in [0.1, 0.15) is 0 Å². The minimum atomic E-state index is -2.20. The first kappa shape index (κ1) is 22.7. The van der Waals surface area contributed by atoms with Crippen LogP contribution in [0.3, 0.4) is 0 Å². The molecule has 1 aromatic heterocycles. The first-order valence-corrected chi connectivity index (χ1v) is 9.83. The quantitative estimate of drug-likeness (QED) is 0.209. The molecule has 0 fully saturated rings. The zero-order valence-corrected chi connectivity index (χ0v) is 17.5.